The quantitative estimate of drug-likeness (QED) is 0.417. The van der Waals surface area contributed by atoms with Crippen LogP contribution in [0.5, 0.6) is 0 Å². The van der Waals surface area contributed by atoms with Gasteiger partial charge in [-0.05, 0) is 0 Å². The largest absolute Gasteiger partial charge is 0.479 e. The number of nitrogens with zero attached hydrogens (tertiary/aromatic N) is 3. The number of carbonyl (C=O) groups excluding carboxylic acids is 1. The number of hydrogen-bond acceptors (Lipinski definition) is 6. The second kappa shape index (κ2) is 5.49. The number of aromatic amines is 1. The molecule has 0 saturated carbocycles. The maximum Gasteiger partial charge on any atom is 0.339 e. The summed E-state index contributed by atoms with van der Waals surface area (Å²) >= 11 is 0. The minimum absolute atomic E-state index is 0.0543. The number of aromatic nitrogens is 4. The molecule has 0 aromatic carbocycles. The van der Waals surface area contributed by atoms with E-state index in [2.05, 4.69) is 30.8 Å². The van der Waals surface area contributed by atoms with Crippen molar-refractivity contribution in [1.82, 2.24) is 31.4 Å². The van der Waals surface area contributed by atoms with Gasteiger partial charge in [0.2, 0.25) is 0 Å². The lowest BCUT2D eigenvalue weighted by Gasteiger charge is -2.03. The predicted octanol–water partition coefficient (Wildman–Crippen LogP) is -1.98. The summed E-state index contributed by atoms with van der Waals surface area (Å²) in [6, 6.07) is -0.693. The van der Waals surface area contributed by atoms with Gasteiger partial charge in [-0.3, -0.25) is 4.84 Å². The van der Waals surface area contributed by atoms with Gasteiger partial charge in [-0.1, -0.05) is 5.21 Å². The van der Waals surface area contributed by atoms with Gasteiger partial charge in [-0.2, -0.15) is 5.21 Å². The van der Waals surface area contributed by atoms with Crippen LogP contribution in [0.2, 0.25) is 0 Å². The minimum atomic E-state index is -1.19. The lowest BCUT2D eigenvalue weighted by atomic mass is 10.6. The molecular weight excluding hydrogens is 208 g/mol. The zero-order valence-electron chi connectivity index (χ0n) is 7.43. The standard InChI is InChI=1S/C5H8N6O4/c12-4(13)2-15-9-5(14)6-1-3-7-10-11-8-3/h1-2H2,(H,12,13)(H2,6,9,14)(H,7,8,10,11). The van der Waals surface area contributed by atoms with Gasteiger partial charge in [0.15, 0.2) is 12.4 Å². The molecule has 0 fully saturated rings. The SMILES string of the molecule is O=C(O)CONC(=O)NCc1nn[nH]n1. The number of rotatable bonds is 5. The van der Waals surface area contributed by atoms with Gasteiger partial charge in [0, 0.05) is 0 Å². The molecule has 0 bridgehead atoms. The molecule has 0 radical (unpaired) electrons. The van der Waals surface area contributed by atoms with Crippen molar-refractivity contribution < 1.29 is 19.5 Å². The van der Waals surface area contributed by atoms with Crippen molar-refractivity contribution in [3.8, 4) is 0 Å². The molecule has 0 spiro atoms. The van der Waals surface area contributed by atoms with Gasteiger partial charge in [-0.15, -0.1) is 10.2 Å². The number of nitrogens with one attached hydrogen (secondary N) is 3. The number of hydroxylamine groups is 1. The van der Waals surface area contributed by atoms with E-state index in [9.17, 15) is 9.59 Å². The van der Waals surface area contributed by atoms with Crippen LogP contribution in [-0.2, 0) is 16.2 Å². The lowest BCUT2D eigenvalue weighted by molar-refractivity contribution is -0.144. The molecular formula is C5H8N6O4. The van der Waals surface area contributed by atoms with Gasteiger partial charge in [0.05, 0.1) is 6.54 Å². The highest BCUT2D eigenvalue weighted by atomic mass is 16.7. The Balaban J connectivity index is 2.11. The number of carboxylic acid groups (broad SMARTS) is 1. The van der Waals surface area contributed by atoms with E-state index in [-0.39, 0.29) is 6.54 Å². The molecule has 2 amide bonds. The average molecular weight is 216 g/mol. The third kappa shape index (κ3) is 4.52. The van der Waals surface area contributed by atoms with Crippen LogP contribution in [0.4, 0.5) is 4.79 Å². The number of hydrogen-bond donors (Lipinski definition) is 4. The van der Waals surface area contributed by atoms with Crippen LogP contribution in [0, 0.1) is 0 Å². The summed E-state index contributed by atoms with van der Waals surface area (Å²) in [5.74, 6) is -0.892. The van der Waals surface area contributed by atoms with Crippen molar-refractivity contribution in [2.24, 2.45) is 0 Å². The second-order valence-electron chi connectivity index (χ2n) is 2.30. The molecule has 0 aliphatic rings. The number of urea groups is 1. The topological polar surface area (TPSA) is 142 Å². The molecule has 1 heterocycles. The van der Waals surface area contributed by atoms with Crippen LogP contribution in [-0.4, -0.2) is 44.3 Å². The molecule has 10 nitrogen and oxygen atoms in total. The summed E-state index contributed by atoms with van der Waals surface area (Å²) in [6.45, 7) is -0.561. The Morgan fingerprint density at radius 2 is 2.33 bits per heavy atom. The highest BCUT2D eigenvalue weighted by Gasteiger charge is 2.04. The van der Waals surface area contributed by atoms with Crippen LogP contribution in [0.1, 0.15) is 5.82 Å². The fraction of sp³-hybridized carbons (Fsp3) is 0.400. The smallest absolute Gasteiger partial charge is 0.339 e. The monoisotopic (exact) mass is 216 g/mol. The highest BCUT2D eigenvalue weighted by Crippen LogP contribution is 1.80. The van der Waals surface area contributed by atoms with Crippen LogP contribution < -0.4 is 10.8 Å². The molecule has 0 saturated heterocycles. The molecule has 0 unspecified atom stereocenters. The number of carboxylic acids is 1. The zero-order valence-corrected chi connectivity index (χ0v) is 7.43. The first kappa shape index (κ1) is 10.8. The first-order valence-corrected chi connectivity index (χ1v) is 3.78. The normalized spacial score (nSPS) is 9.60. The minimum Gasteiger partial charge on any atom is -0.479 e. The number of amides is 2. The van der Waals surface area contributed by atoms with Crippen molar-refractivity contribution in [1.29, 1.82) is 0 Å². The molecule has 0 aliphatic carbocycles. The maximum absolute atomic E-state index is 10.9. The highest BCUT2D eigenvalue weighted by molar-refractivity contribution is 5.73. The fourth-order valence-corrected chi connectivity index (χ4v) is 0.616. The molecule has 0 atom stereocenters. The molecule has 1 aromatic rings. The third-order valence-electron chi connectivity index (χ3n) is 1.16. The van der Waals surface area contributed by atoms with E-state index in [0.29, 0.717) is 5.82 Å². The summed E-state index contributed by atoms with van der Waals surface area (Å²) < 4.78 is 0. The van der Waals surface area contributed by atoms with Gasteiger partial charge >= 0.3 is 12.0 Å². The Morgan fingerprint density at radius 3 is 2.93 bits per heavy atom. The second-order valence-corrected chi connectivity index (χ2v) is 2.30. The molecule has 1 rings (SSSR count). The first-order valence-electron chi connectivity index (χ1n) is 3.78. The predicted molar refractivity (Wildman–Crippen MR) is 43.1 cm³/mol. The van der Waals surface area contributed by atoms with E-state index >= 15 is 0 Å². The van der Waals surface area contributed by atoms with Gasteiger partial charge in [0.25, 0.3) is 0 Å². The van der Waals surface area contributed by atoms with Crippen molar-refractivity contribution >= 4 is 12.0 Å². The van der Waals surface area contributed by atoms with Gasteiger partial charge in [0.1, 0.15) is 0 Å². The summed E-state index contributed by atoms with van der Waals surface area (Å²) in [7, 11) is 0. The van der Waals surface area contributed by atoms with Crippen LogP contribution >= 0.6 is 0 Å². The molecule has 82 valence electrons. The van der Waals surface area contributed by atoms with Crippen molar-refractivity contribution in [3.05, 3.63) is 5.82 Å². The van der Waals surface area contributed by atoms with Crippen molar-refractivity contribution in [3.63, 3.8) is 0 Å². The Hall–Kier alpha value is -2.23. The molecule has 0 aliphatic heterocycles. The summed E-state index contributed by atoms with van der Waals surface area (Å²) in [4.78, 5) is 25.2. The van der Waals surface area contributed by atoms with Crippen LogP contribution in [0.15, 0.2) is 0 Å². The Bertz CT molecular complexity index is 324. The van der Waals surface area contributed by atoms with Crippen molar-refractivity contribution in [2.45, 2.75) is 6.54 Å². The van der Waals surface area contributed by atoms with Crippen LogP contribution in [0.25, 0.3) is 0 Å². The first-order chi connectivity index (χ1) is 7.18. The number of carbonyl (C=O) groups is 2. The fourth-order valence-electron chi connectivity index (χ4n) is 0.616. The lowest BCUT2D eigenvalue weighted by Crippen LogP contribution is -2.36. The van der Waals surface area contributed by atoms with E-state index in [0.717, 1.165) is 0 Å². The van der Waals surface area contributed by atoms with Crippen LogP contribution in [0.3, 0.4) is 0 Å². The van der Waals surface area contributed by atoms with E-state index < -0.39 is 18.6 Å². The number of H-pyrrole nitrogens is 1. The Morgan fingerprint density at radius 1 is 1.53 bits per heavy atom. The Kier molecular flexibility index (Phi) is 3.97. The van der Waals surface area contributed by atoms with E-state index in [4.69, 9.17) is 5.11 Å². The summed E-state index contributed by atoms with van der Waals surface area (Å²) in [5, 5.41) is 23.1. The van der Waals surface area contributed by atoms with E-state index in [1.54, 1.807) is 0 Å². The van der Waals surface area contributed by atoms with E-state index in [1.807, 2.05) is 5.48 Å². The molecule has 1 aromatic heterocycles. The van der Waals surface area contributed by atoms with Crippen molar-refractivity contribution in [2.75, 3.05) is 6.61 Å². The summed E-state index contributed by atoms with van der Waals surface area (Å²) in [5.41, 5.74) is 1.86. The van der Waals surface area contributed by atoms with E-state index in [1.165, 1.54) is 0 Å². The van der Waals surface area contributed by atoms with Gasteiger partial charge < -0.3 is 10.4 Å². The molecule has 15 heavy (non-hydrogen) atoms. The average Bonchev–Trinajstić information content (AvgIpc) is 2.66. The number of tetrazole rings is 1. The molecule has 4 N–H and O–H groups in total. The third-order valence-corrected chi connectivity index (χ3v) is 1.16. The molecule has 10 heteroatoms. The van der Waals surface area contributed by atoms with Gasteiger partial charge in [-0.25, -0.2) is 15.1 Å². The Labute approximate surface area is 82.9 Å². The summed E-state index contributed by atoms with van der Waals surface area (Å²) in [6.07, 6.45) is 0. The number of aliphatic carboxylic acids is 1. The maximum atomic E-state index is 10.9. The zero-order chi connectivity index (χ0) is 11.1.